The summed E-state index contributed by atoms with van der Waals surface area (Å²) in [6, 6.07) is 11.8. The van der Waals surface area contributed by atoms with Gasteiger partial charge in [-0.1, -0.05) is 42.0 Å². The van der Waals surface area contributed by atoms with Gasteiger partial charge in [0.05, 0.1) is 5.69 Å². The number of rotatable bonds is 5. The van der Waals surface area contributed by atoms with E-state index in [1.807, 2.05) is 60.2 Å². The Morgan fingerprint density at radius 1 is 1.26 bits per heavy atom. The summed E-state index contributed by atoms with van der Waals surface area (Å²) >= 11 is 0. The van der Waals surface area contributed by atoms with E-state index in [0.29, 0.717) is 12.2 Å². The predicted molar refractivity (Wildman–Crippen MR) is 79.2 cm³/mol. The third-order valence-electron chi connectivity index (χ3n) is 2.91. The molecule has 0 saturated carbocycles. The van der Waals surface area contributed by atoms with Crippen molar-refractivity contribution in [2.24, 2.45) is 0 Å². The lowest BCUT2D eigenvalue weighted by molar-refractivity contribution is 0.104. The largest absolute Gasteiger partial charge is 0.341 e. The first-order chi connectivity index (χ1) is 9.20. The molecule has 1 heterocycles. The van der Waals surface area contributed by atoms with E-state index in [9.17, 15) is 4.79 Å². The molecule has 2 heteroatoms. The summed E-state index contributed by atoms with van der Waals surface area (Å²) in [5.41, 5.74) is 2.92. The molecule has 0 bridgehead atoms. The van der Waals surface area contributed by atoms with Crippen molar-refractivity contribution in [1.29, 1.82) is 0 Å². The quantitative estimate of drug-likeness (QED) is 0.449. The summed E-state index contributed by atoms with van der Waals surface area (Å²) in [6.45, 7) is 6.38. The normalized spacial score (nSPS) is 10.8. The molecule has 0 fully saturated rings. The third kappa shape index (κ3) is 3.32. The number of aryl methyl sites for hydroxylation is 1. The molecule has 2 rings (SSSR count). The van der Waals surface area contributed by atoms with Crippen LogP contribution < -0.4 is 0 Å². The molecule has 0 unspecified atom stereocenters. The summed E-state index contributed by atoms with van der Waals surface area (Å²) in [7, 11) is 0. The minimum absolute atomic E-state index is 0.00688. The van der Waals surface area contributed by atoms with Crippen LogP contribution in [0.4, 0.5) is 0 Å². The predicted octanol–water partition coefficient (Wildman–Crippen LogP) is 3.88. The Bertz CT molecular complexity index is 602. The average Bonchev–Trinajstić information content (AvgIpc) is 2.86. The second-order valence-electron chi connectivity index (χ2n) is 4.44. The summed E-state index contributed by atoms with van der Waals surface area (Å²) in [6.07, 6.45) is 7.11. The van der Waals surface area contributed by atoms with Crippen molar-refractivity contribution in [3.63, 3.8) is 0 Å². The van der Waals surface area contributed by atoms with Crippen LogP contribution in [0.3, 0.4) is 0 Å². The van der Waals surface area contributed by atoms with Crippen LogP contribution in [0.15, 0.2) is 61.3 Å². The molecule has 0 radical (unpaired) electrons. The fourth-order valence-corrected chi connectivity index (χ4v) is 1.87. The van der Waals surface area contributed by atoms with Gasteiger partial charge in [-0.2, -0.15) is 0 Å². The topological polar surface area (TPSA) is 22.0 Å². The molecular weight excluding hydrogens is 234 g/mol. The lowest BCUT2D eigenvalue weighted by Gasteiger charge is -2.02. The molecule has 2 aromatic rings. The van der Waals surface area contributed by atoms with Crippen molar-refractivity contribution in [2.75, 3.05) is 0 Å². The Balaban J connectivity index is 2.14. The highest BCUT2D eigenvalue weighted by Gasteiger charge is 2.06. The Hall–Kier alpha value is -2.35. The molecule has 0 aliphatic rings. The first kappa shape index (κ1) is 13.1. The van der Waals surface area contributed by atoms with E-state index >= 15 is 0 Å². The van der Waals surface area contributed by atoms with Crippen LogP contribution in [0.1, 0.15) is 21.6 Å². The number of allylic oxidation sites excluding steroid dienone is 2. The van der Waals surface area contributed by atoms with E-state index < -0.39 is 0 Å². The highest BCUT2D eigenvalue weighted by Crippen LogP contribution is 2.08. The fourth-order valence-electron chi connectivity index (χ4n) is 1.87. The zero-order chi connectivity index (χ0) is 13.7. The maximum absolute atomic E-state index is 12.1. The molecule has 19 heavy (non-hydrogen) atoms. The van der Waals surface area contributed by atoms with E-state index in [2.05, 4.69) is 6.58 Å². The minimum atomic E-state index is 0.00688. The maximum Gasteiger partial charge on any atom is 0.202 e. The van der Waals surface area contributed by atoms with Gasteiger partial charge in [0, 0.05) is 12.7 Å². The molecule has 0 amide bonds. The van der Waals surface area contributed by atoms with E-state index in [4.69, 9.17) is 0 Å². The van der Waals surface area contributed by atoms with E-state index in [1.165, 1.54) is 5.56 Å². The first-order valence-corrected chi connectivity index (χ1v) is 6.26. The second kappa shape index (κ2) is 6.01. The number of hydrogen-bond donors (Lipinski definition) is 0. The number of carbonyl (C=O) groups is 1. The Labute approximate surface area is 113 Å². The van der Waals surface area contributed by atoms with Crippen LogP contribution in [0.2, 0.25) is 0 Å². The first-order valence-electron chi connectivity index (χ1n) is 6.26. The van der Waals surface area contributed by atoms with Gasteiger partial charge >= 0.3 is 0 Å². The van der Waals surface area contributed by atoms with Gasteiger partial charge in [0.1, 0.15) is 0 Å². The van der Waals surface area contributed by atoms with E-state index in [1.54, 1.807) is 12.2 Å². The van der Waals surface area contributed by atoms with Crippen LogP contribution in [-0.2, 0) is 6.54 Å². The maximum atomic E-state index is 12.1. The molecule has 1 aromatic carbocycles. The number of aromatic nitrogens is 1. The van der Waals surface area contributed by atoms with Gasteiger partial charge < -0.3 is 4.57 Å². The summed E-state index contributed by atoms with van der Waals surface area (Å²) in [4.78, 5) is 12.1. The lowest BCUT2D eigenvalue weighted by atomic mass is 10.1. The van der Waals surface area contributed by atoms with Gasteiger partial charge in [-0.05, 0) is 30.7 Å². The van der Waals surface area contributed by atoms with Crippen molar-refractivity contribution >= 4 is 11.9 Å². The van der Waals surface area contributed by atoms with E-state index in [-0.39, 0.29) is 5.78 Å². The molecule has 0 spiro atoms. The summed E-state index contributed by atoms with van der Waals surface area (Å²) < 4.78 is 1.88. The highest BCUT2D eigenvalue weighted by atomic mass is 16.1. The smallest absolute Gasteiger partial charge is 0.202 e. The Morgan fingerprint density at radius 3 is 2.68 bits per heavy atom. The molecule has 2 nitrogen and oxygen atoms in total. The number of nitrogens with zero attached hydrogens (tertiary/aromatic N) is 1. The SMILES string of the molecule is C=CCn1cccc1C(=O)/C=C/c1ccc(C)cc1. The summed E-state index contributed by atoms with van der Waals surface area (Å²) in [5, 5.41) is 0. The van der Waals surface area contributed by atoms with Crippen LogP contribution in [0.5, 0.6) is 0 Å². The average molecular weight is 251 g/mol. The van der Waals surface area contributed by atoms with Gasteiger partial charge in [0.15, 0.2) is 0 Å². The molecule has 0 aliphatic heterocycles. The zero-order valence-electron chi connectivity index (χ0n) is 11.0. The summed E-state index contributed by atoms with van der Waals surface area (Å²) in [5.74, 6) is 0.00688. The molecule has 0 saturated heterocycles. The fraction of sp³-hybridized carbons (Fsp3) is 0.118. The molecular formula is C17H17NO. The van der Waals surface area contributed by atoms with Gasteiger partial charge in [-0.25, -0.2) is 0 Å². The lowest BCUT2D eigenvalue weighted by Crippen LogP contribution is -2.05. The zero-order valence-corrected chi connectivity index (χ0v) is 11.0. The Kier molecular flexibility index (Phi) is 4.14. The molecule has 0 N–H and O–H groups in total. The molecule has 96 valence electrons. The monoisotopic (exact) mass is 251 g/mol. The van der Waals surface area contributed by atoms with Crippen LogP contribution in [0, 0.1) is 6.92 Å². The van der Waals surface area contributed by atoms with Crippen molar-refractivity contribution in [2.45, 2.75) is 13.5 Å². The number of benzene rings is 1. The minimum Gasteiger partial charge on any atom is -0.341 e. The van der Waals surface area contributed by atoms with Crippen molar-refractivity contribution < 1.29 is 4.79 Å². The van der Waals surface area contributed by atoms with Crippen LogP contribution >= 0.6 is 0 Å². The molecule has 1 aromatic heterocycles. The van der Waals surface area contributed by atoms with Crippen LogP contribution in [0.25, 0.3) is 6.08 Å². The number of ketones is 1. The van der Waals surface area contributed by atoms with Gasteiger partial charge in [0.25, 0.3) is 0 Å². The van der Waals surface area contributed by atoms with Gasteiger partial charge in [-0.3, -0.25) is 4.79 Å². The molecule has 0 aliphatic carbocycles. The van der Waals surface area contributed by atoms with Crippen molar-refractivity contribution in [1.82, 2.24) is 4.57 Å². The molecule has 0 atom stereocenters. The van der Waals surface area contributed by atoms with Gasteiger partial charge in [-0.15, -0.1) is 6.58 Å². The third-order valence-corrected chi connectivity index (χ3v) is 2.91. The standard InChI is InChI=1S/C17H17NO/c1-3-12-18-13-4-5-16(18)17(19)11-10-15-8-6-14(2)7-9-15/h3-11,13H,1,12H2,2H3/b11-10+. The van der Waals surface area contributed by atoms with Crippen molar-refractivity contribution in [3.05, 3.63) is 78.1 Å². The second-order valence-corrected chi connectivity index (χ2v) is 4.44. The van der Waals surface area contributed by atoms with E-state index in [0.717, 1.165) is 5.56 Å². The Morgan fingerprint density at radius 2 is 2.00 bits per heavy atom. The highest BCUT2D eigenvalue weighted by molar-refractivity contribution is 6.05. The van der Waals surface area contributed by atoms with Gasteiger partial charge in [0.2, 0.25) is 5.78 Å². The number of hydrogen-bond acceptors (Lipinski definition) is 1. The van der Waals surface area contributed by atoms with Crippen molar-refractivity contribution in [3.8, 4) is 0 Å². The number of carbonyl (C=O) groups excluding carboxylic acids is 1. The van der Waals surface area contributed by atoms with Crippen LogP contribution in [-0.4, -0.2) is 10.4 Å².